The molecule has 0 aromatic heterocycles. The predicted molar refractivity (Wildman–Crippen MR) is 66.8 cm³/mol. The molecule has 2 saturated heterocycles. The van der Waals surface area contributed by atoms with Crippen molar-refractivity contribution >= 4 is 5.91 Å². The minimum absolute atomic E-state index is 0.222. The molecule has 2 fully saturated rings. The molecule has 0 radical (unpaired) electrons. The van der Waals surface area contributed by atoms with Gasteiger partial charge in [-0.15, -0.1) is 0 Å². The maximum atomic E-state index is 12.0. The highest BCUT2D eigenvalue weighted by Crippen LogP contribution is 2.28. The molecule has 2 heterocycles. The van der Waals surface area contributed by atoms with E-state index in [1.807, 2.05) is 0 Å². The summed E-state index contributed by atoms with van der Waals surface area (Å²) in [7, 11) is 0. The van der Waals surface area contributed by atoms with Crippen LogP contribution in [-0.4, -0.2) is 38.8 Å². The number of carbonyl (C=O) groups excluding carboxylic acids is 1. The molecule has 0 saturated carbocycles. The van der Waals surface area contributed by atoms with Crippen molar-refractivity contribution in [3.63, 3.8) is 0 Å². The number of hydrogen-bond donors (Lipinski definition) is 2. The Hall–Kier alpha value is -0.610. The number of carbonyl (C=O) groups is 1. The molecule has 1 amide bonds. The van der Waals surface area contributed by atoms with Crippen LogP contribution < -0.4 is 10.6 Å². The number of rotatable bonds is 3. The van der Waals surface area contributed by atoms with Crippen molar-refractivity contribution in [2.75, 3.05) is 32.8 Å². The van der Waals surface area contributed by atoms with Crippen LogP contribution in [0.15, 0.2) is 0 Å². The Bertz CT molecular complexity index is 256. The van der Waals surface area contributed by atoms with Crippen molar-refractivity contribution in [3.05, 3.63) is 0 Å². The molecule has 0 bridgehead atoms. The van der Waals surface area contributed by atoms with E-state index in [2.05, 4.69) is 17.6 Å². The maximum Gasteiger partial charge on any atom is 0.223 e. The van der Waals surface area contributed by atoms with Crippen molar-refractivity contribution in [1.82, 2.24) is 10.6 Å². The highest BCUT2D eigenvalue weighted by Gasteiger charge is 2.29. The molecule has 2 aliphatic heterocycles. The van der Waals surface area contributed by atoms with E-state index in [0.717, 1.165) is 58.5 Å². The maximum absolute atomic E-state index is 12.0. The fourth-order valence-corrected chi connectivity index (χ4v) is 2.57. The quantitative estimate of drug-likeness (QED) is 0.771. The first-order valence-electron chi connectivity index (χ1n) is 6.76. The molecule has 0 unspecified atom stereocenters. The third-order valence-corrected chi connectivity index (χ3v) is 4.10. The molecule has 2 aliphatic rings. The second-order valence-corrected chi connectivity index (χ2v) is 5.67. The van der Waals surface area contributed by atoms with Crippen molar-refractivity contribution in [2.24, 2.45) is 11.3 Å². The van der Waals surface area contributed by atoms with Crippen LogP contribution in [0.1, 0.15) is 32.6 Å². The van der Waals surface area contributed by atoms with Gasteiger partial charge in [-0.2, -0.15) is 0 Å². The molecule has 4 heteroatoms. The highest BCUT2D eigenvalue weighted by atomic mass is 16.5. The van der Waals surface area contributed by atoms with Crippen LogP contribution >= 0.6 is 0 Å². The molecule has 4 nitrogen and oxygen atoms in total. The summed E-state index contributed by atoms with van der Waals surface area (Å²) in [6, 6.07) is 0. The van der Waals surface area contributed by atoms with Gasteiger partial charge >= 0.3 is 0 Å². The van der Waals surface area contributed by atoms with Crippen molar-refractivity contribution in [3.8, 4) is 0 Å². The molecule has 0 atom stereocenters. The standard InChI is InChI=1S/C13H24N2O2/c1-13(4-8-17-9-5-13)10-15-12(16)11-2-6-14-7-3-11/h11,14H,2-10H2,1H3,(H,15,16). The third kappa shape index (κ3) is 3.68. The van der Waals surface area contributed by atoms with E-state index in [-0.39, 0.29) is 17.2 Å². The Morgan fingerprint density at radius 1 is 1.35 bits per heavy atom. The largest absolute Gasteiger partial charge is 0.381 e. The molecule has 17 heavy (non-hydrogen) atoms. The van der Waals surface area contributed by atoms with Gasteiger partial charge in [-0.3, -0.25) is 4.79 Å². The Labute approximate surface area is 103 Å². The van der Waals surface area contributed by atoms with Crippen LogP contribution in [0.4, 0.5) is 0 Å². The van der Waals surface area contributed by atoms with Gasteiger partial charge in [-0.05, 0) is 44.2 Å². The summed E-state index contributed by atoms with van der Waals surface area (Å²) in [4.78, 5) is 12.0. The highest BCUT2D eigenvalue weighted by molar-refractivity contribution is 5.78. The summed E-state index contributed by atoms with van der Waals surface area (Å²) < 4.78 is 5.37. The monoisotopic (exact) mass is 240 g/mol. The second-order valence-electron chi connectivity index (χ2n) is 5.67. The average Bonchev–Trinajstić information content (AvgIpc) is 2.38. The van der Waals surface area contributed by atoms with Gasteiger partial charge in [0.05, 0.1) is 0 Å². The lowest BCUT2D eigenvalue weighted by atomic mass is 9.82. The molecule has 0 aliphatic carbocycles. The third-order valence-electron chi connectivity index (χ3n) is 4.10. The number of nitrogens with one attached hydrogen (secondary N) is 2. The Kier molecular flexibility index (Phi) is 4.40. The van der Waals surface area contributed by atoms with E-state index in [9.17, 15) is 4.79 Å². The van der Waals surface area contributed by atoms with Gasteiger partial charge in [0.25, 0.3) is 0 Å². The van der Waals surface area contributed by atoms with Gasteiger partial charge in [0.2, 0.25) is 5.91 Å². The van der Waals surface area contributed by atoms with Gasteiger partial charge in [-0.1, -0.05) is 6.92 Å². The zero-order valence-electron chi connectivity index (χ0n) is 10.8. The Morgan fingerprint density at radius 2 is 2.00 bits per heavy atom. The Morgan fingerprint density at radius 3 is 2.65 bits per heavy atom. The number of piperidine rings is 1. The average molecular weight is 240 g/mol. The molecular formula is C13H24N2O2. The molecule has 0 aromatic rings. The minimum atomic E-state index is 0.222. The second kappa shape index (κ2) is 5.83. The smallest absolute Gasteiger partial charge is 0.223 e. The van der Waals surface area contributed by atoms with Crippen LogP contribution in [0.3, 0.4) is 0 Å². The lowest BCUT2D eigenvalue weighted by molar-refractivity contribution is -0.126. The van der Waals surface area contributed by atoms with Crippen LogP contribution in [0, 0.1) is 11.3 Å². The SMILES string of the molecule is CC1(CNC(=O)C2CCNCC2)CCOCC1. The van der Waals surface area contributed by atoms with Crippen LogP contribution in [0.5, 0.6) is 0 Å². The van der Waals surface area contributed by atoms with E-state index in [0.29, 0.717) is 0 Å². The van der Waals surface area contributed by atoms with Crippen LogP contribution in [0.2, 0.25) is 0 Å². The summed E-state index contributed by atoms with van der Waals surface area (Å²) in [5, 5.41) is 6.43. The van der Waals surface area contributed by atoms with Crippen molar-refractivity contribution in [2.45, 2.75) is 32.6 Å². The normalized spacial score (nSPS) is 25.5. The predicted octanol–water partition coefficient (Wildman–Crippen LogP) is 0.919. The van der Waals surface area contributed by atoms with Crippen molar-refractivity contribution in [1.29, 1.82) is 0 Å². The first-order valence-corrected chi connectivity index (χ1v) is 6.76. The molecule has 2 N–H and O–H groups in total. The summed E-state index contributed by atoms with van der Waals surface area (Å²) in [5.41, 5.74) is 0.237. The molecular weight excluding hydrogens is 216 g/mol. The molecule has 98 valence electrons. The number of hydrogen-bond acceptors (Lipinski definition) is 3. The summed E-state index contributed by atoms with van der Waals surface area (Å²) in [6.07, 6.45) is 4.07. The van der Waals surface area contributed by atoms with Crippen molar-refractivity contribution < 1.29 is 9.53 Å². The topological polar surface area (TPSA) is 50.4 Å². The summed E-state index contributed by atoms with van der Waals surface area (Å²) in [6.45, 7) is 6.67. The van der Waals surface area contributed by atoms with E-state index in [1.54, 1.807) is 0 Å². The zero-order valence-corrected chi connectivity index (χ0v) is 10.8. The number of amides is 1. The molecule has 0 aromatic carbocycles. The van der Waals surface area contributed by atoms with Gasteiger partial charge in [0, 0.05) is 25.7 Å². The van der Waals surface area contributed by atoms with Crippen LogP contribution in [0.25, 0.3) is 0 Å². The first-order chi connectivity index (χ1) is 8.20. The van der Waals surface area contributed by atoms with E-state index in [4.69, 9.17) is 4.74 Å². The first kappa shape index (κ1) is 12.8. The van der Waals surface area contributed by atoms with E-state index < -0.39 is 0 Å². The van der Waals surface area contributed by atoms with E-state index >= 15 is 0 Å². The summed E-state index contributed by atoms with van der Waals surface area (Å²) >= 11 is 0. The lowest BCUT2D eigenvalue weighted by Crippen LogP contribution is -2.43. The summed E-state index contributed by atoms with van der Waals surface area (Å²) in [5.74, 6) is 0.471. The zero-order chi connectivity index (χ0) is 12.1. The Balaban J connectivity index is 1.74. The van der Waals surface area contributed by atoms with Gasteiger partial charge in [0.1, 0.15) is 0 Å². The number of ether oxygens (including phenoxy) is 1. The fourth-order valence-electron chi connectivity index (χ4n) is 2.57. The van der Waals surface area contributed by atoms with Crippen LogP contribution in [-0.2, 0) is 9.53 Å². The minimum Gasteiger partial charge on any atom is -0.381 e. The molecule has 2 rings (SSSR count). The molecule has 0 spiro atoms. The van der Waals surface area contributed by atoms with Gasteiger partial charge in [-0.25, -0.2) is 0 Å². The van der Waals surface area contributed by atoms with E-state index in [1.165, 1.54) is 0 Å². The van der Waals surface area contributed by atoms with Gasteiger partial charge in [0.15, 0.2) is 0 Å². The fraction of sp³-hybridized carbons (Fsp3) is 0.923. The van der Waals surface area contributed by atoms with Gasteiger partial charge < -0.3 is 15.4 Å². The lowest BCUT2D eigenvalue weighted by Gasteiger charge is -2.34.